The number of anilines is 1. The van der Waals surface area contributed by atoms with E-state index in [1.54, 1.807) is 11.3 Å². The summed E-state index contributed by atoms with van der Waals surface area (Å²) in [6.07, 6.45) is 0.968. The van der Waals surface area contributed by atoms with Gasteiger partial charge in [0.05, 0.1) is 10.7 Å². The zero-order valence-electron chi connectivity index (χ0n) is 15.0. The van der Waals surface area contributed by atoms with Crippen molar-refractivity contribution in [1.29, 1.82) is 0 Å². The number of hydrogen-bond donors (Lipinski definition) is 1. The van der Waals surface area contributed by atoms with Crippen LogP contribution in [0.5, 0.6) is 0 Å². The summed E-state index contributed by atoms with van der Waals surface area (Å²) in [5, 5.41) is 4.07. The number of thiazole rings is 1. The van der Waals surface area contributed by atoms with E-state index in [2.05, 4.69) is 17.2 Å². The summed E-state index contributed by atoms with van der Waals surface area (Å²) in [5.74, 6) is -0.0922. The van der Waals surface area contributed by atoms with Gasteiger partial charge >= 0.3 is 0 Å². The molecule has 1 amide bonds. The third kappa shape index (κ3) is 3.80. The lowest BCUT2D eigenvalue weighted by atomic mass is 10.1. The molecular weight excluding hydrogens is 328 g/mol. The molecule has 1 heterocycles. The molecule has 0 fully saturated rings. The van der Waals surface area contributed by atoms with Crippen LogP contribution in [0.1, 0.15) is 38.3 Å². The first kappa shape index (κ1) is 17.4. The van der Waals surface area contributed by atoms with Crippen LogP contribution in [0.15, 0.2) is 42.5 Å². The molecule has 0 unspecified atom stereocenters. The van der Waals surface area contributed by atoms with Gasteiger partial charge in [-0.2, -0.15) is 0 Å². The van der Waals surface area contributed by atoms with Crippen LogP contribution >= 0.6 is 11.3 Å². The van der Waals surface area contributed by atoms with Gasteiger partial charge in [-0.3, -0.25) is 4.79 Å². The van der Waals surface area contributed by atoms with Crippen LogP contribution in [-0.4, -0.2) is 10.9 Å². The number of nitrogens with one attached hydrogen (secondary N) is 1. The van der Waals surface area contributed by atoms with Gasteiger partial charge in [-0.1, -0.05) is 31.2 Å². The van der Waals surface area contributed by atoms with Gasteiger partial charge in [-0.15, -0.1) is 11.3 Å². The number of aromatic nitrogens is 1. The number of aryl methyl sites for hydroxylation is 4. The summed E-state index contributed by atoms with van der Waals surface area (Å²) in [5.41, 5.74) is 5.78. The zero-order valence-corrected chi connectivity index (χ0v) is 15.8. The second-order valence-electron chi connectivity index (χ2n) is 6.21. The minimum Gasteiger partial charge on any atom is -0.322 e. The molecule has 3 rings (SSSR count). The van der Waals surface area contributed by atoms with Gasteiger partial charge in [-0.05, 0) is 56.5 Å². The number of carbonyl (C=O) groups is 1. The predicted octanol–water partition coefficient (Wildman–Crippen LogP) is 5.55. The van der Waals surface area contributed by atoms with Crippen LogP contribution in [-0.2, 0) is 6.42 Å². The van der Waals surface area contributed by atoms with Gasteiger partial charge < -0.3 is 5.32 Å². The molecule has 0 aliphatic heterocycles. The van der Waals surface area contributed by atoms with E-state index in [-0.39, 0.29) is 5.91 Å². The SMILES string of the molecule is CCc1sc(C)nc1-c1ccc(C(=O)Nc2cc(C)ccc2C)cc1. The van der Waals surface area contributed by atoms with Crippen LogP contribution in [0.25, 0.3) is 11.3 Å². The zero-order chi connectivity index (χ0) is 18.0. The van der Waals surface area contributed by atoms with Crippen LogP contribution in [0.4, 0.5) is 5.69 Å². The maximum Gasteiger partial charge on any atom is 0.255 e. The second-order valence-corrected chi connectivity index (χ2v) is 7.50. The Morgan fingerprint density at radius 3 is 2.48 bits per heavy atom. The fourth-order valence-corrected chi connectivity index (χ4v) is 3.68. The van der Waals surface area contributed by atoms with E-state index in [9.17, 15) is 4.79 Å². The lowest BCUT2D eigenvalue weighted by Crippen LogP contribution is -2.12. The first-order chi connectivity index (χ1) is 12.0. The third-order valence-corrected chi connectivity index (χ3v) is 5.30. The van der Waals surface area contributed by atoms with Crippen molar-refractivity contribution in [2.75, 3.05) is 5.32 Å². The maximum absolute atomic E-state index is 12.5. The first-order valence-electron chi connectivity index (χ1n) is 8.43. The molecule has 0 atom stereocenters. The molecule has 0 bridgehead atoms. The third-order valence-electron chi connectivity index (χ3n) is 4.19. The van der Waals surface area contributed by atoms with Crippen molar-refractivity contribution in [3.63, 3.8) is 0 Å². The molecular formula is C21H22N2OS. The topological polar surface area (TPSA) is 42.0 Å². The normalized spacial score (nSPS) is 10.7. The summed E-state index contributed by atoms with van der Waals surface area (Å²) >= 11 is 1.73. The van der Waals surface area contributed by atoms with Crippen molar-refractivity contribution in [3.05, 3.63) is 69.0 Å². The van der Waals surface area contributed by atoms with Crippen molar-refractivity contribution >= 4 is 22.9 Å². The molecule has 128 valence electrons. The Bertz CT molecular complexity index is 910. The molecule has 0 aliphatic rings. The molecule has 2 aromatic carbocycles. The number of benzene rings is 2. The van der Waals surface area contributed by atoms with E-state index in [4.69, 9.17) is 0 Å². The summed E-state index contributed by atoms with van der Waals surface area (Å²) in [7, 11) is 0. The summed E-state index contributed by atoms with van der Waals surface area (Å²) in [6, 6.07) is 13.7. The second kappa shape index (κ2) is 7.19. The predicted molar refractivity (Wildman–Crippen MR) is 106 cm³/mol. The Labute approximate surface area is 152 Å². The van der Waals surface area contributed by atoms with E-state index in [1.807, 2.05) is 63.2 Å². The first-order valence-corrected chi connectivity index (χ1v) is 9.25. The van der Waals surface area contributed by atoms with Crippen molar-refractivity contribution in [2.45, 2.75) is 34.1 Å². The monoisotopic (exact) mass is 350 g/mol. The Kier molecular flexibility index (Phi) is 5.00. The quantitative estimate of drug-likeness (QED) is 0.670. The number of hydrogen-bond acceptors (Lipinski definition) is 3. The van der Waals surface area contributed by atoms with E-state index in [1.165, 1.54) is 4.88 Å². The highest BCUT2D eigenvalue weighted by atomic mass is 32.1. The van der Waals surface area contributed by atoms with Gasteiger partial charge in [-0.25, -0.2) is 4.98 Å². The van der Waals surface area contributed by atoms with Crippen LogP contribution in [0.3, 0.4) is 0 Å². The number of nitrogens with zero attached hydrogens (tertiary/aromatic N) is 1. The average molecular weight is 350 g/mol. The highest BCUT2D eigenvalue weighted by Crippen LogP contribution is 2.28. The van der Waals surface area contributed by atoms with Crippen molar-refractivity contribution in [1.82, 2.24) is 4.98 Å². The Hall–Kier alpha value is -2.46. The average Bonchev–Trinajstić information content (AvgIpc) is 2.99. The lowest BCUT2D eigenvalue weighted by Gasteiger charge is -2.10. The van der Waals surface area contributed by atoms with Crippen LogP contribution in [0, 0.1) is 20.8 Å². The van der Waals surface area contributed by atoms with Crippen molar-refractivity contribution < 1.29 is 4.79 Å². The summed E-state index contributed by atoms with van der Waals surface area (Å²) < 4.78 is 0. The van der Waals surface area contributed by atoms with Gasteiger partial charge in [0.25, 0.3) is 5.91 Å². The highest BCUT2D eigenvalue weighted by Gasteiger charge is 2.12. The molecule has 4 heteroatoms. The Morgan fingerprint density at radius 1 is 1.08 bits per heavy atom. The molecule has 3 nitrogen and oxygen atoms in total. The lowest BCUT2D eigenvalue weighted by molar-refractivity contribution is 0.102. The molecule has 0 spiro atoms. The molecule has 0 saturated heterocycles. The minimum absolute atomic E-state index is 0.0922. The fraction of sp³-hybridized carbons (Fsp3) is 0.238. The minimum atomic E-state index is -0.0922. The molecule has 3 aromatic rings. The van der Waals surface area contributed by atoms with Crippen molar-refractivity contribution in [3.8, 4) is 11.3 Å². The molecule has 25 heavy (non-hydrogen) atoms. The van der Waals surface area contributed by atoms with Gasteiger partial charge in [0, 0.05) is 21.7 Å². The highest BCUT2D eigenvalue weighted by molar-refractivity contribution is 7.12. The summed E-state index contributed by atoms with van der Waals surface area (Å²) in [4.78, 5) is 18.4. The van der Waals surface area contributed by atoms with E-state index < -0.39 is 0 Å². The largest absolute Gasteiger partial charge is 0.322 e. The fourth-order valence-electron chi connectivity index (χ4n) is 2.78. The Balaban J connectivity index is 1.82. The molecule has 0 saturated carbocycles. The van der Waals surface area contributed by atoms with Gasteiger partial charge in [0.1, 0.15) is 0 Å². The molecule has 0 aliphatic carbocycles. The number of rotatable bonds is 4. The maximum atomic E-state index is 12.5. The van der Waals surface area contributed by atoms with Crippen LogP contribution in [0.2, 0.25) is 0 Å². The van der Waals surface area contributed by atoms with Crippen molar-refractivity contribution in [2.24, 2.45) is 0 Å². The molecule has 0 radical (unpaired) electrons. The van der Waals surface area contributed by atoms with Gasteiger partial charge in [0.15, 0.2) is 0 Å². The van der Waals surface area contributed by atoms with E-state index in [0.717, 1.165) is 39.5 Å². The van der Waals surface area contributed by atoms with Crippen LogP contribution < -0.4 is 5.32 Å². The molecule has 1 aromatic heterocycles. The standard InChI is InChI=1S/C21H22N2OS/c1-5-19-20(22-15(4)25-19)16-8-10-17(11-9-16)21(24)23-18-12-13(2)6-7-14(18)3/h6-12H,5H2,1-4H3,(H,23,24). The Morgan fingerprint density at radius 2 is 1.80 bits per heavy atom. The smallest absolute Gasteiger partial charge is 0.255 e. The number of amides is 1. The summed E-state index contributed by atoms with van der Waals surface area (Å²) in [6.45, 7) is 8.18. The van der Waals surface area contributed by atoms with E-state index >= 15 is 0 Å². The number of carbonyl (C=O) groups excluding carboxylic acids is 1. The van der Waals surface area contributed by atoms with Gasteiger partial charge in [0.2, 0.25) is 0 Å². The molecule has 1 N–H and O–H groups in total. The van der Waals surface area contributed by atoms with E-state index in [0.29, 0.717) is 5.56 Å².